The lowest BCUT2D eigenvalue weighted by atomic mass is 9.92. The van der Waals surface area contributed by atoms with E-state index in [0.29, 0.717) is 24.4 Å². The predicted octanol–water partition coefficient (Wildman–Crippen LogP) is 2.96. The normalized spacial score (nSPS) is 22.1. The predicted molar refractivity (Wildman–Crippen MR) is 81.3 cm³/mol. The van der Waals surface area contributed by atoms with E-state index in [9.17, 15) is 14.7 Å². The minimum absolute atomic E-state index is 0.169. The fraction of sp³-hybridized carbons (Fsp3) is 0.529. The molecule has 114 valence electrons. The summed E-state index contributed by atoms with van der Waals surface area (Å²) < 4.78 is 0. The Morgan fingerprint density at radius 2 is 1.95 bits per heavy atom. The number of carboxylic acid groups (broad SMARTS) is 1. The number of amides is 1. The summed E-state index contributed by atoms with van der Waals surface area (Å²) in [5.74, 6) is -0.725. The first kappa shape index (κ1) is 15.5. The van der Waals surface area contributed by atoms with Crippen molar-refractivity contribution in [3.8, 4) is 0 Å². The van der Waals surface area contributed by atoms with Gasteiger partial charge in [-0.05, 0) is 42.9 Å². The van der Waals surface area contributed by atoms with Gasteiger partial charge >= 0.3 is 5.97 Å². The highest BCUT2D eigenvalue weighted by atomic mass is 16.4. The number of carbonyl (C=O) groups is 2. The molecule has 1 N–H and O–H groups in total. The van der Waals surface area contributed by atoms with Crippen LogP contribution < -0.4 is 0 Å². The van der Waals surface area contributed by atoms with Crippen molar-refractivity contribution in [1.82, 2.24) is 4.90 Å². The summed E-state index contributed by atoms with van der Waals surface area (Å²) >= 11 is 0. The van der Waals surface area contributed by atoms with E-state index in [-0.39, 0.29) is 5.91 Å². The van der Waals surface area contributed by atoms with Crippen LogP contribution in [0.1, 0.15) is 49.0 Å². The van der Waals surface area contributed by atoms with Crippen LogP contribution in [0.3, 0.4) is 0 Å². The minimum Gasteiger partial charge on any atom is -0.480 e. The average Bonchev–Trinajstić information content (AvgIpc) is 2.47. The highest BCUT2D eigenvalue weighted by molar-refractivity contribution is 5.96. The van der Waals surface area contributed by atoms with Crippen LogP contribution in [0.5, 0.6) is 0 Å². The second-order valence-electron chi connectivity index (χ2n) is 5.93. The van der Waals surface area contributed by atoms with E-state index in [1.54, 1.807) is 0 Å². The molecule has 4 nitrogen and oxygen atoms in total. The Morgan fingerprint density at radius 1 is 1.29 bits per heavy atom. The summed E-state index contributed by atoms with van der Waals surface area (Å²) in [6.45, 7) is 4.68. The van der Waals surface area contributed by atoms with E-state index < -0.39 is 12.0 Å². The van der Waals surface area contributed by atoms with Crippen molar-refractivity contribution in [3.63, 3.8) is 0 Å². The molecule has 0 aromatic heterocycles. The number of benzene rings is 1. The molecule has 1 heterocycles. The maximum Gasteiger partial charge on any atom is 0.326 e. The molecule has 2 atom stereocenters. The van der Waals surface area contributed by atoms with Gasteiger partial charge in [-0.25, -0.2) is 4.79 Å². The standard InChI is InChI=1S/C17H23NO3/c1-3-4-13-5-7-14(8-6-13)16(19)18-10-9-12(2)11-15(18)17(20)21/h5-8,12,15H,3-4,9-11H2,1-2H3,(H,20,21). The van der Waals surface area contributed by atoms with Gasteiger partial charge in [0.1, 0.15) is 6.04 Å². The molecule has 1 saturated heterocycles. The lowest BCUT2D eigenvalue weighted by molar-refractivity contribution is -0.144. The monoisotopic (exact) mass is 289 g/mol. The van der Waals surface area contributed by atoms with E-state index >= 15 is 0 Å². The van der Waals surface area contributed by atoms with Gasteiger partial charge in [-0.3, -0.25) is 4.79 Å². The Morgan fingerprint density at radius 3 is 2.52 bits per heavy atom. The maximum atomic E-state index is 12.6. The highest BCUT2D eigenvalue weighted by Gasteiger charge is 2.35. The SMILES string of the molecule is CCCc1ccc(C(=O)N2CCC(C)CC2C(=O)O)cc1. The molecule has 1 aliphatic rings. The van der Waals surface area contributed by atoms with Gasteiger partial charge in [-0.2, -0.15) is 0 Å². The van der Waals surface area contributed by atoms with Crippen molar-refractivity contribution in [2.75, 3.05) is 6.54 Å². The molecule has 4 heteroatoms. The van der Waals surface area contributed by atoms with Crippen LogP contribution in [0.25, 0.3) is 0 Å². The number of aryl methyl sites for hydroxylation is 1. The largest absolute Gasteiger partial charge is 0.480 e. The van der Waals surface area contributed by atoms with Gasteiger partial charge in [-0.1, -0.05) is 32.4 Å². The molecule has 2 unspecified atom stereocenters. The second-order valence-corrected chi connectivity index (χ2v) is 5.93. The van der Waals surface area contributed by atoms with E-state index in [1.807, 2.05) is 31.2 Å². The Bertz CT molecular complexity index is 509. The quantitative estimate of drug-likeness (QED) is 0.927. The number of nitrogens with zero attached hydrogens (tertiary/aromatic N) is 1. The third-order valence-corrected chi connectivity index (χ3v) is 4.15. The van der Waals surface area contributed by atoms with Crippen LogP contribution in [-0.2, 0) is 11.2 Å². The number of rotatable bonds is 4. The average molecular weight is 289 g/mol. The third-order valence-electron chi connectivity index (χ3n) is 4.15. The molecular weight excluding hydrogens is 266 g/mol. The molecule has 0 spiro atoms. The van der Waals surface area contributed by atoms with Crippen molar-refractivity contribution in [3.05, 3.63) is 35.4 Å². The lowest BCUT2D eigenvalue weighted by Crippen LogP contribution is -2.49. The van der Waals surface area contributed by atoms with Crippen molar-refractivity contribution < 1.29 is 14.7 Å². The molecule has 1 aliphatic heterocycles. The number of piperidine rings is 1. The molecule has 0 saturated carbocycles. The number of likely N-dealkylation sites (tertiary alicyclic amines) is 1. The van der Waals surface area contributed by atoms with Crippen LogP contribution in [0.4, 0.5) is 0 Å². The minimum atomic E-state index is -0.905. The van der Waals surface area contributed by atoms with Crippen molar-refractivity contribution in [1.29, 1.82) is 0 Å². The van der Waals surface area contributed by atoms with E-state index in [4.69, 9.17) is 0 Å². The molecule has 1 aromatic carbocycles. The van der Waals surface area contributed by atoms with Gasteiger partial charge in [0.2, 0.25) is 0 Å². The van der Waals surface area contributed by atoms with Gasteiger partial charge in [-0.15, -0.1) is 0 Å². The summed E-state index contributed by atoms with van der Waals surface area (Å²) in [6, 6.07) is 6.84. The van der Waals surface area contributed by atoms with Crippen molar-refractivity contribution >= 4 is 11.9 Å². The highest BCUT2D eigenvalue weighted by Crippen LogP contribution is 2.24. The molecule has 0 aliphatic carbocycles. The van der Waals surface area contributed by atoms with Gasteiger partial charge in [0.15, 0.2) is 0 Å². The molecule has 1 amide bonds. The Balaban J connectivity index is 2.15. The fourth-order valence-corrected chi connectivity index (χ4v) is 2.89. The summed E-state index contributed by atoms with van der Waals surface area (Å²) in [7, 11) is 0. The van der Waals surface area contributed by atoms with E-state index in [1.165, 1.54) is 10.5 Å². The van der Waals surface area contributed by atoms with Crippen molar-refractivity contribution in [2.45, 2.75) is 45.6 Å². The number of hydrogen-bond donors (Lipinski definition) is 1. The molecular formula is C17H23NO3. The second kappa shape index (κ2) is 6.74. The zero-order valence-electron chi connectivity index (χ0n) is 12.7. The molecule has 21 heavy (non-hydrogen) atoms. The summed E-state index contributed by atoms with van der Waals surface area (Å²) in [6.07, 6.45) is 3.46. The number of hydrogen-bond acceptors (Lipinski definition) is 2. The smallest absolute Gasteiger partial charge is 0.326 e. The first-order valence-corrected chi connectivity index (χ1v) is 7.65. The van der Waals surface area contributed by atoms with Gasteiger partial charge < -0.3 is 10.0 Å². The van der Waals surface area contributed by atoms with Crippen LogP contribution in [0.2, 0.25) is 0 Å². The van der Waals surface area contributed by atoms with Gasteiger partial charge in [0, 0.05) is 12.1 Å². The Hall–Kier alpha value is -1.84. The molecule has 0 radical (unpaired) electrons. The zero-order chi connectivity index (χ0) is 15.4. The third kappa shape index (κ3) is 3.63. The van der Waals surface area contributed by atoms with Gasteiger partial charge in [0.25, 0.3) is 5.91 Å². The first-order chi connectivity index (χ1) is 10.0. The first-order valence-electron chi connectivity index (χ1n) is 7.65. The van der Waals surface area contributed by atoms with Crippen LogP contribution in [0.15, 0.2) is 24.3 Å². The Kier molecular flexibility index (Phi) is 4.99. The Labute approximate surface area is 125 Å². The van der Waals surface area contributed by atoms with Crippen LogP contribution in [0, 0.1) is 5.92 Å². The van der Waals surface area contributed by atoms with Crippen molar-refractivity contribution in [2.24, 2.45) is 5.92 Å². The molecule has 1 aromatic rings. The number of carbonyl (C=O) groups excluding carboxylic acids is 1. The van der Waals surface area contributed by atoms with Crippen LogP contribution in [-0.4, -0.2) is 34.5 Å². The maximum absolute atomic E-state index is 12.6. The molecule has 1 fully saturated rings. The number of carboxylic acids is 1. The van der Waals surface area contributed by atoms with E-state index in [2.05, 4.69) is 6.92 Å². The topological polar surface area (TPSA) is 57.6 Å². The fourth-order valence-electron chi connectivity index (χ4n) is 2.89. The lowest BCUT2D eigenvalue weighted by Gasteiger charge is -2.36. The van der Waals surface area contributed by atoms with Crippen LogP contribution >= 0.6 is 0 Å². The molecule has 0 bridgehead atoms. The molecule has 2 rings (SSSR count). The van der Waals surface area contributed by atoms with E-state index in [0.717, 1.165) is 19.3 Å². The summed E-state index contributed by atoms with van der Waals surface area (Å²) in [4.78, 5) is 25.5. The summed E-state index contributed by atoms with van der Waals surface area (Å²) in [5, 5.41) is 9.34. The zero-order valence-corrected chi connectivity index (χ0v) is 12.7. The summed E-state index contributed by atoms with van der Waals surface area (Å²) in [5.41, 5.74) is 1.78. The number of aliphatic carboxylic acids is 1. The van der Waals surface area contributed by atoms with Gasteiger partial charge in [0.05, 0.1) is 0 Å².